The molecule has 0 aliphatic rings. The number of carbonyl (C=O) groups excluding carboxylic acids is 1. The molecule has 0 fully saturated rings. The standard InChI is InChI=1S/C18H22O5/c1-12-11-15(23-17(20)18(2,3)4)14(16(19)22-12)9-5-7-13-8-6-10-21-13/h6,8,10-11H,5,7,9H2,1-4H3. The number of ether oxygens (including phenoxy) is 1. The molecule has 2 rings (SSSR count). The van der Waals surface area contributed by atoms with Crippen LogP contribution in [0.25, 0.3) is 0 Å². The van der Waals surface area contributed by atoms with Gasteiger partial charge in [0.05, 0.1) is 17.2 Å². The van der Waals surface area contributed by atoms with Crippen LogP contribution in [-0.4, -0.2) is 5.97 Å². The van der Waals surface area contributed by atoms with Crippen LogP contribution in [0.2, 0.25) is 0 Å². The fourth-order valence-electron chi connectivity index (χ4n) is 2.07. The first-order valence-corrected chi connectivity index (χ1v) is 7.65. The lowest BCUT2D eigenvalue weighted by Gasteiger charge is -2.17. The number of aryl methyl sites for hydroxylation is 2. The fourth-order valence-corrected chi connectivity index (χ4v) is 2.07. The molecule has 0 saturated heterocycles. The summed E-state index contributed by atoms with van der Waals surface area (Å²) in [5.74, 6) is 1.18. The summed E-state index contributed by atoms with van der Waals surface area (Å²) >= 11 is 0. The molecular weight excluding hydrogens is 296 g/mol. The number of carbonyl (C=O) groups is 1. The lowest BCUT2D eigenvalue weighted by atomic mass is 9.97. The van der Waals surface area contributed by atoms with E-state index < -0.39 is 11.0 Å². The van der Waals surface area contributed by atoms with Crippen molar-refractivity contribution in [2.75, 3.05) is 0 Å². The molecule has 0 aliphatic carbocycles. The zero-order valence-electron chi connectivity index (χ0n) is 14.0. The number of furan rings is 1. The Morgan fingerprint density at radius 2 is 2.00 bits per heavy atom. The third-order valence-corrected chi connectivity index (χ3v) is 3.38. The van der Waals surface area contributed by atoms with E-state index in [4.69, 9.17) is 13.6 Å². The summed E-state index contributed by atoms with van der Waals surface area (Å²) in [7, 11) is 0. The van der Waals surface area contributed by atoms with Crippen LogP contribution < -0.4 is 10.4 Å². The van der Waals surface area contributed by atoms with Crippen LogP contribution in [-0.2, 0) is 17.6 Å². The van der Waals surface area contributed by atoms with Gasteiger partial charge in [-0.2, -0.15) is 0 Å². The Labute approximate surface area is 135 Å². The zero-order chi connectivity index (χ0) is 17.0. The van der Waals surface area contributed by atoms with Gasteiger partial charge >= 0.3 is 11.6 Å². The molecule has 0 N–H and O–H groups in total. The topological polar surface area (TPSA) is 69.7 Å². The van der Waals surface area contributed by atoms with E-state index in [1.807, 2.05) is 12.1 Å². The minimum atomic E-state index is -0.643. The molecule has 0 aromatic carbocycles. The fraction of sp³-hybridized carbons (Fsp3) is 0.444. The Hall–Kier alpha value is -2.30. The maximum Gasteiger partial charge on any atom is 0.342 e. The summed E-state index contributed by atoms with van der Waals surface area (Å²) in [5.41, 5.74) is -0.712. The Morgan fingerprint density at radius 3 is 2.61 bits per heavy atom. The van der Waals surface area contributed by atoms with Crippen molar-refractivity contribution in [1.82, 2.24) is 0 Å². The summed E-state index contributed by atoms with van der Waals surface area (Å²) in [5, 5.41) is 0. The molecule has 0 aliphatic heterocycles. The van der Waals surface area contributed by atoms with E-state index in [9.17, 15) is 9.59 Å². The number of hydrogen-bond donors (Lipinski definition) is 0. The third kappa shape index (κ3) is 4.58. The first kappa shape index (κ1) is 17.1. The van der Waals surface area contributed by atoms with E-state index in [2.05, 4.69) is 0 Å². The van der Waals surface area contributed by atoms with Crippen LogP contribution in [0.15, 0.2) is 38.1 Å². The van der Waals surface area contributed by atoms with Gasteiger partial charge in [0.15, 0.2) is 0 Å². The van der Waals surface area contributed by atoms with Gasteiger partial charge in [-0.1, -0.05) is 0 Å². The largest absolute Gasteiger partial charge is 0.469 e. The van der Waals surface area contributed by atoms with Gasteiger partial charge in [-0.3, -0.25) is 4.79 Å². The van der Waals surface area contributed by atoms with Crippen LogP contribution in [0.5, 0.6) is 5.75 Å². The quantitative estimate of drug-likeness (QED) is 0.787. The van der Waals surface area contributed by atoms with Gasteiger partial charge in [0.2, 0.25) is 0 Å². The number of rotatable bonds is 5. The first-order valence-electron chi connectivity index (χ1n) is 7.65. The van der Waals surface area contributed by atoms with E-state index in [1.165, 1.54) is 0 Å². The summed E-state index contributed by atoms with van der Waals surface area (Å²) in [4.78, 5) is 24.2. The summed E-state index contributed by atoms with van der Waals surface area (Å²) in [6.07, 6.45) is 3.47. The summed E-state index contributed by atoms with van der Waals surface area (Å²) in [6, 6.07) is 5.30. The highest BCUT2D eigenvalue weighted by molar-refractivity contribution is 5.78. The van der Waals surface area contributed by atoms with Crippen molar-refractivity contribution in [3.05, 3.63) is 52.0 Å². The van der Waals surface area contributed by atoms with Gasteiger partial charge in [0.1, 0.15) is 17.3 Å². The van der Waals surface area contributed by atoms with Gasteiger partial charge in [-0.15, -0.1) is 0 Å². The van der Waals surface area contributed by atoms with Gasteiger partial charge in [-0.25, -0.2) is 4.79 Å². The molecule has 124 valence electrons. The maximum absolute atomic E-state index is 12.1. The van der Waals surface area contributed by atoms with Gasteiger partial charge in [-0.05, 0) is 52.7 Å². The normalized spacial score (nSPS) is 11.5. The van der Waals surface area contributed by atoms with Crippen LogP contribution in [0, 0.1) is 12.3 Å². The molecule has 0 amide bonds. The van der Waals surface area contributed by atoms with Crippen LogP contribution in [0.4, 0.5) is 0 Å². The van der Waals surface area contributed by atoms with E-state index in [-0.39, 0.29) is 11.7 Å². The minimum absolute atomic E-state index is 0.290. The monoisotopic (exact) mass is 318 g/mol. The first-order chi connectivity index (χ1) is 10.8. The van der Waals surface area contributed by atoms with Gasteiger partial charge in [0.25, 0.3) is 0 Å². The predicted octanol–water partition coefficient (Wildman–Crippen LogP) is 3.67. The van der Waals surface area contributed by atoms with Crippen LogP contribution >= 0.6 is 0 Å². The Kier molecular flexibility index (Phi) is 5.08. The molecule has 2 aromatic heterocycles. The zero-order valence-corrected chi connectivity index (χ0v) is 14.0. The Morgan fingerprint density at radius 1 is 1.26 bits per heavy atom. The van der Waals surface area contributed by atoms with E-state index >= 15 is 0 Å². The maximum atomic E-state index is 12.1. The van der Waals surface area contributed by atoms with Crippen molar-refractivity contribution >= 4 is 5.97 Å². The van der Waals surface area contributed by atoms with Crippen LogP contribution in [0.1, 0.15) is 44.3 Å². The molecule has 0 radical (unpaired) electrons. The van der Waals surface area contributed by atoms with E-state index in [0.717, 1.165) is 5.76 Å². The molecule has 0 atom stereocenters. The molecular formula is C18H22O5. The van der Waals surface area contributed by atoms with E-state index in [0.29, 0.717) is 30.6 Å². The second-order valence-electron chi connectivity index (χ2n) is 6.56. The number of hydrogen-bond acceptors (Lipinski definition) is 5. The highest BCUT2D eigenvalue weighted by atomic mass is 16.5. The highest BCUT2D eigenvalue weighted by Gasteiger charge is 2.25. The summed E-state index contributed by atoms with van der Waals surface area (Å²) in [6.45, 7) is 6.96. The van der Waals surface area contributed by atoms with Crippen LogP contribution in [0.3, 0.4) is 0 Å². The summed E-state index contributed by atoms with van der Waals surface area (Å²) < 4.78 is 15.8. The van der Waals surface area contributed by atoms with E-state index in [1.54, 1.807) is 40.0 Å². The smallest absolute Gasteiger partial charge is 0.342 e. The average Bonchev–Trinajstić information content (AvgIpc) is 2.93. The van der Waals surface area contributed by atoms with Crippen molar-refractivity contribution in [3.63, 3.8) is 0 Å². The molecule has 2 heterocycles. The lowest BCUT2D eigenvalue weighted by molar-refractivity contribution is -0.143. The molecule has 0 bridgehead atoms. The second-order valence-corrected chi connectivity index (χ2v) is 6.56. The van der Waals surface area contributed by atoms with Crippen molar-refractivity contribution in [2.24, 2.45) is 5.41 Å². The Bertz CT molecular complexity index is 717. The molecule has 5 nitrogen and oxygen atoms in total. The minimum Gasteiger partial charge on any atom is -0.469 e. The van der Waals surface area contributed by atoms with Gasteiger partial charge < -0.3 is 13.6 Å². The molecule has 5 heteroatoms. The van der Waals surface area contributed by atoms with Crippen molar-refractivity contribution < 1.29 is 18.4 Å². The van der Waals surface area contributed by atoms with Crippen molar-refractivity contribution in [3.8, 4) is 5.75 Å². The second kappa shape index (κ2) is 6.86. The van der Waals surface area contributed by atoms with Crippen molar-refractivity contribution in [2.45, 2.75) is 47.0 Å². The molecule has 0 spiro atoms. The third-order valence-electron chi connectivity index (χ3n) is 3.38. The number of esters is 1. The SMILES string of the molecule is Cc1cc(OC(=O)C(C)(C)C)c(CCCc2ccco2)c(=O)o1. The Balaban J connectivity index is 2.16. The van der Waals surface area contributed by atoms with Gasteiger partial charge in [0, 0.05) is 12.5 Å². The molecule has 0 unspecified atom stereocenters. The molecule has 0 saturated carbocycles. The average molecular weight is 318 g/mol. The molecule has 23 heavy (non-hydrogen) atoms. The molecule has 2 aromatic rings. The lowest BCUT2D eigenvalue weighted by Crippen LogP contribution is -2.27. The predicted molar refractivity (Wildman–Crippen MR) is 85.5 cm³/mol. The highest BCUT2D eigenvalue weighted by Crippen LogP contribution is 2.23. The van der Waals surface area contributed by atoms with Crippen molar-refractivity contribution in [1.29, 1.82) is 0 Å².